The topological polar surface area (TPSA) is 9.23 Å². The molecule has 6 heteroatoms. The smallest absolute Gasteiger partial charge is 0.429 e. The van der Waals surface area contributed by atoms with E-state index in [0.29, 0.717) is 6.42 Å². The first-order chi connectivity index (χ1) is 10.3. The molecule has 0 fully saturated rings. The van der Waals surface area contributed by atoms with Gasteiger partial charge in [-0.3, -0.25) is 0 Å². The first-order valence-electron chi connectivity index (χ1n) is 7.14. The molecule has 22 heavy (non-hydrogen) atoms. The van der Waals surface area contributed by atoms with E-state index in [0.717, 1.165) is 38.3 Å². The number of ether oxygens (including phenoxy) is 1. The second kappa shape index (κ2) is 8.15. The number of unbranched alkanes of at least 4 members (excludes halogenated alkanes) is 3. The van der Waals surface area contributed by atoms with Crippen molar-refractivity contribution in [3.63, 3.8) is 0 Å². The van der Waals surface area contributed by atoms with Crippen LogP contribution in [0.5, 0.6) is 0 Å². The molecule has 0 aliphatic carbocycles. The van der Waals surface area contributed by atoms with Crippen molar-refractivity contribution in [1.29, 1.82) is 0 Å². The molecule has 0 aromatic heterocycles. The lowest BCUT2D eigenvalue weighted by molar-refractivity contribution is -0.226. The van der Waals surface area contributed by atoms with E-state index in [1.54, 1.807) is 0 Å². The number of rotatable bonds is 8. The molecule has 1 aromatic carbocycles. The Labute approximate surface area is 126 Å². The van der Waals surface area contributed by atoms with Crippen LogP contribution in [0.1, 0.15) is 50.7 Å². The van der Waals surface area contributed by atoms with Gasteiger partial charge in [-0.1, -0.05) is 32.3 Å². The molecule has 124 valence electrons. The number of halogens is 5. The lowest BCUT2D eigenvalue weighted by Gasteiger charge is -2.19. The minimum atomic E-state index is -4.14. The van der Waals surface area contributed by atoms with Crippen molar-refractivity contribution in [3.8, 4) is 0 Å². The van der Waals surface area contributed by atoms with Crippen LogP contribution in [-0.2, 0) is 17.3 Å². The van der Waals surface area contributed by atoms with Crippen LogP contribution in [0.3, 0.4) is 0 Å². The summed E-state index contributed by atoms with van der Waals surface area (Å²) in [5, 5.41) is 0. The standard InChI is InChI=1S/C16H19F5O/c1-3-4-5-6-7-12-8-9-13(15(19)14(12)18)16(20,21)22-11(2)10-17/h8-10H,3-7H2,1-2H3/b11-10-. The summed E-state index contributed by atoms with van der Waals surface area (Å²) in [6.07, 6.45) is -0.551. The second-order valence-electron chi connectivity index (χ2n) is 5.05. The molecular formula is C16H19F5O. The number of hydrogen-bond acceptors (Lipinski definition) is 1. The third-order valence-corrected chi connectivity index (χ3v) is 3.22. The van der Waals surface area contributed by atoms with E-state index in [1.807, 2.05) is 6.92 Å². The summed E-state index contributed by atoms with van der Waals surface area (Å²) in [5.74, 6) is -3.70. The number of benzene rings is 1. The van der Waals surface area contributed by atoms with E-state index < -0.39 is 29.1 Å². The van der Waals surface area contributed by atoms with Gasteiger partial charge in [0.05, 0.1) is 0 Å². The van der Waals surface area contributed by atoms with Crippen molar-refractivity contribution in [2.24, 2.45) is 0 Å². The summed E-state index contributed by atoms with van der Waals surface area (Å²) < 4.78 is 71.2. The Morgan fingerprint density at radius 2 is 1.82 bits per heavy atom. The van der Waals surface area contributed by atoms with E-state index in [2.05, 4.69) is 4.74 Å². The van der Waals surface area contributed by atoms with Crippen molar-refractivity contribution >= 4 is 0 Å². The molecule has 0 spiro atoms. The molecule has 0 N–H and O–H groups in total. The summed E-state index contributed by atoms with van der Waals surface area (Å²) in [7, 11) is 0. The highest BCUT2D eigenvalue weighted by molar-refractivity contribution is 5.28. The van der Waals surface area contributed by atoms with E-state index >= 15 is 0 Å². The summed E-state index contributed by atoms with van der Waals surface area (Å²) in [6.45, 7) is 2.97. The van der Waals surface area contributed by atoms with Crippen LogP contribution in [0.25, 0.3) is 0 Å². The van der Waals surface area contributed by atoms with Gasteiger partial charge in [-0.25, -0.2) is 13.2 Å². The fourth-order valence-electron chi connectivity index (χ4n) is 2.03. The lowest BCUT2D eigenvalue weighted by Crippen LogP contribution is -2.20. The van der Waals surface area contributed by atoms with Gasteiger partial charge in [-0.15, -0.1) is 0 Å². The van der Waals surface area contributed by atoms with Crippen molar-refractivity contribution in [2.45, 2.75) is 52.1 Å². The number of alkyl halides is 2. The third kappa shape index (κ3) is 4.71. The highest BCUT2D eigenvalue weighted by atomic mass is 19.3. The van der Waals surface area contributed by atoms with Crippen LogP contribution in [-0.4, -0.2) is 0 Å². The van der Waals surface area contributed by atoms with Gasteiger partial charge in [0, 0.05) is 0 Å². The van der Waals surface area contributed by atoms with Crippen molar-refractivity contribution in [3.05, 3.63) is 47.0 Å². The average molecular weight is 322 g/mol. The minimum absolute atomic E-state index is 0.0471. The minimum Gasteiger partial charge on any atom is -0.431 e. The summed E-state index contributed by atoms with van der Waals surface area (Å²) in [6, 6.07) is 1.89. The molecule has 0 radical (unpaired) electrons. The molecule has 1 aromatic rings. The van der Waals surface area contributed by atoms with Gasteiger partial charge in [0.25, 0.3) is 0 Å². The molecule has 0 saturated heterocycles. The number of hydrogen-bond donors (Lipinski definition) is 0. The Hall–Kier alpha value is -1.59. The number of allylic oxidation sites excluding steroid dienone is 1. The van der Waals surface area contributed by atoms with E-state index in [1.165, 1.54) is 0 Å². The zero-order chi connectivity index (χ0) is 16.8. The van der Waals surface area contributed by atoms with Crippen LogP contribution in [0, 0.1) is 11.6 Å². The molecule has 1 nitrogen and oxygen atoms in total. The lowest BCUT2D eigenvalue weighted by atomic mass is 10.0. The van der Waals surface area contributed by atoms with Crippen LogP contribution >= 0.6 is 0 Å². The van der Waals surface area contributed by atoms with E-state index in [4.69, 9.17) is 0 Å². The third-order valence-electron chi connectivity index (χ3n) is 3.22. The van der Waals surface area contributed by atoms with Gasteiger partial charge >= 0.3 is 6.11 Å². The van der Waals surface area contributed by atoms with Gasteiger partial charge in [-0.2, -0.15) is 8.78 Å². The Morgan fingerprint density at radius 3 is 2.41 bits per heavy atom. The van der Waals surface area contributed by atoms with Gasteiger partial charge in [-0.05, 0) is 31.4 Å². The van der Waals surface area contributed by atoms with Gasteiger partial charge in [0.1, 0.15) is 17.7 Å². The molecule has 0 amide bonds. The predicted octanol–water partition coefficient (Wildman–Crippen LogP) is 5.98. The van der Waals surface area contributed by atoms with Crippen molar-refractivity contribution in [2.75, 3.05) is 0 Å². The highest BCUT2D eigenvalue weighted by Gasteiger charge is 2.39. The highest BCUT2D eigenvalue weighted by Crippen LogP contribution is 2.35. The predicted molar refractivity (Wildman–Crippen MR) is 74.0 cm³/mol. The zero-order valence-electron chi connectivity index (χ0n) is 12.6. The van der Waals surface area contributed by atoms with E-state index in [-0.39, 0.29) is 18.3 Å². The summed E-state index contributed by atoms with van der Waals surface area (Å²) in [5.41, 5.74) is -1.20. The fourth-order valence-corrected chi connectivity index (χ4v) is 2.03. The number of aryl methyl sites for hydroxylation is 1. The zero-order valence-corrected chi connectivity index (χ0v) is 12.6. The molecule has 1 rings (SSSR count). The van der Waals surface area contributed by atoms with Crippen molar-refractivity contribution in [1.82, 2.24) is 0 Å². The molecule has 0 unspecified atom stereocenters. The molecular weight excluding hydrogens is 303 g/mol. The second-order valence-corrected chi connectivity index (χ2v) is 5.05. The summed E-state index contributed by atoms with van der Waals surface area (Å²) >= 11 is 0. The van der Waals surface area contributed by atoms with Crippen LogP contribution in [0.4, 0.5) is 22.0 Å². The fraction of sp³-hybridized carbons (Fsp3) is 0.500. The molecule has 0 aliphatic rings. The van der Waals surface area contributed by atoms with Crippen LogP contribution < -0.4 is 0 Å². The van der Waals surface area contributed by atoms with Crippen LogP contribution in [0.15, 0.2) is 24.2 Å². The van der Waals surface area contributed by atoms with Gasteiger partial charge < -0.3 is 4.74 Å². The quantitative estimate of drug-likeness (QED) is 0.325. The average Bonchev–Trinajstić information content (AvgIpc) is 2.46. The maximum absolute atomic E-state index is 13.9. The molecule has 0 bridgehead atoms. The van der Waals surface area contributed by atoms with Gasteiger partial charge in [0.15, 0.2) is 11.6 Å². The molecule has 0 atom stereocenters. The Kier molecular flexibility index (Phi) is 6.84. The largest absolute Gasteiger partial charge is 0.431 e. The van der Waals surface area contributed by atoms with E-state index in [9.17, 15) is 22.0 Å². The molecule has 0 aliphatic heterocycles. The van der Waals surface area contributed by atoms with Crippen LogP contribution in [0.2, 0.25) is 0 Å². The monoisotopic (exact) mass is 322 g/mol. The normalized spacial score (nSPS) is 12.6. The molecule has 0 saturated carbocycles. The maximum Gasteiger partial charge on any atom is 0.429 e. The van der Waals surface area contributed by atoms with Gasteiger partial charge in [0.2, 0.25) is 0 Å². The first-order valence-corrected chi connectivity index (χ1v) is 7.14. The Morgan fingerprint density at radius 1 is 1.14 bits per heavy atom. The molecule has 0 heterocycles. The SMILES string of the molecule is CCCCCCc1ccc(C(F)(F)O/C(C)=C\F)c(F)c1F. The summed E-state index contributed by atoms with van der Waals surface area (Å²) in [4.78, 5) is 0. The Bertz CT molecular complexity index is 526. The Balaban J connectivity index is 2.94. The maximum atomic E-state index is 13.9. The first kappa shape index (κ1) is 18.5. The van der Waals surface area contributed by atoms with Crippen molar-refractivity contribution < 1.29 is 26.7 Å².